The molecule has 0 bridgehead atoms. The molecule has 1 aliphatic carbocycles. The van der Waals surface area contributed by atoms with Crippen molar-refractivity contribution in [3.05, 3.63) is 58.9 Å². The first kappa shape index (κ1) is 19.2. The Balaban J connectivity index is 1.31. The lowest BCUT2D eigenvalue weighted by Crippen LogP contribution is -2.36. The number of anilines is 1. The van der Waals surface area contributed by atoms with Gasteiger partial charge in [0, 0.05) is 23.7 Å². The van der Waals surface area contributed by atoms with Gasteiger partial charge in [-0.2, -0.15) is 0 Å². The fourth-order valence-corrected chi connectivity index (χ4v) is 4.53. The number of ether oxygens (including phenoxy) is 1. The minimum atomic E-state index is -0.149. The number of methoxy groups -OCH3 is 1. The molecule has 4 rings (SSSR count). The third kappa shape index (κ3) is 3.87. The molecule has 2 aromatic rings. The van der Waals surface area contributed by atoms with Crippen molar-refractivity contribution >= 4 is 23.2 Å². The van der Waals surface area contributed by atoms with Crippen LogP contribution in [0.15, 0.2) is 42.5 Å². The van der Waals surface area contributed by atoms with Gasteiger partial charge in [0.1, 0.15) is 11.6 Å². The van der Waals surface area contributed by atoms with Gasteiger partial charge in [0.05, 0.1) is 12.1 Å². The number of amides is 1. The lowest BCUT2D eigenvalue weighted by molar-refractivity contribution is -0.118. The number of halogens is 2. The Morgan fingerprint density at radius 3 is 2.71 bits per heavy atom. The molecule has 0 unspecified atom stereocenters. The molecule has 1 spiro atoms. The van der Waals surface area contributed by atoms with Crippen LogP contribution in [0.3, 0.4) is 0 Å². The zero-order chi connectivity index (χ0) is 19.7. The number of hydrogen-bond donors (Lipinski definition) is 1. The van der Waals surface area contributed by atoms with Gasteiger partial charge in [-0.3, -0.25) is 9.69 Å². The largest absolute Gasteiger partial charge is 0.495 e. The molecule has 0 aromatic heterocycles. The van der Waals surface area contributed by atoms with Crippen LogP contribution < -0.4 is 10.1 Å². The molecule has 2 aromatic carbocycles. The molecule has 4 nitrogen and oxygen atoms in total. The number of piperidine rings is 1. The molecule has 1 heterocycles. The molecule has 2 fully saturated rings. The monoisotopic (exact) mass is 402 g/mol. The van der Waals surface area contributed by atoms with E-state index in [-0.39, 0.29) is 23.1 Å². The molecular weight excluding hydrogens is 379 g/mol. The third-order valence-electron chi connectivity index (χ3n) is 6.13. The maximum absolute atomic E-state index is 13.9. The van der Waals surface area contributed by atoms with Gasteiger partial charge >= 0.3 is 0 Å². The predicted molar refractivity (Wildman–Crippen MR) is 108 cm³/mol. The summed E-state index contributed by atoms with van der Waals surface area (Å²) in [5.41, 5.74) is 1.53. The van der Waals surface area contributed by atoms with Crippen LogP contribution in [0.5, 0.6) is 5.75 Å². The summed E-state index contributed by atoms with van der Waals surface area (Å²) < 4.78 is 19.0. The number of nitrogens with one attached hydrogen (secondary N) is 1. The van der Waals surface area contributed by atoms with Gasteiger partial charge in [-0.15, -0.1) is 0 Å². The van der Waals surface area contributed by atoms with Gasteiger partial charge in [0.25, 0.3) is 0 Å². The van der Waals surface area contributed by atoms with E-state index >= 15 is 0 Å². The zero-order valence-electron chi connectivity index (χ0n) is 15.9. The van der Waals surface area contributed by atoms with Gasteiger partial charge in [-0.1, -0.05) is 29.8 Å². The van der Waals surface area contributed by atoms with Crippen molar-refractivity contribution in [1.82, 2.24) is 4.90 Å². The van der Waals surface area contributed by atoms with Gasteiger partial charge < -0.3 is 10.1 Å². The smallest absolute Gasteiger partial charge is 0.228 e. The van der Waals surface area contributed by atoms with Crippen LogP contribution in [0.25, 0.3) is 0 Å². The standard InChI is InChI=1S/C22H24ClFN2O2/c1-28-20-7-6-16(12-18(20)23)25-21(27)17-13-22(17)8-10-26(11-9-22)14-15-4-2-3-5-19(15)24/h2-7,12,17H,8-11,13-14H2,1H3,(H,25,27)/t17-/m1/s1. The first-order valence-electron chi connectivity index (χ1n) is 9.61. The van der Waals surface area contributed by atoms with E-state index in [1.54, 1.807) is 31.4 Å². The summed E-state index contributed by atoms with van der Waals surface area (Å²) in [4.78, 5) is 15.0. The average Bonchev–Trinajstić information content (AvgIpc) is 3.39. The molecule has 2 aliphatic rings. The fraction of sp³-hybridized carbons (Fsp3) is 0.409. The van der Waals surface area contributed by atoms with Gasteiger partial charge in [-0.25, -0.2) is 4.39 Å². The van der Waals surface area contributed by atoms with Crippen LogP contribution in [-0.4, -0.2) is 31.0 Å². The molecule has 148 valence electrons. The van der Waals surface area contributed by atoms with Gasteiger partial charge in [0.15, 0.2) is 0 Å². The summed E-state index contributed by atoms with van der Waals surface area (Å²) in [5, 5.41) is 3.46. The number of benzene rings is 2. The summed E-state index contributed by atoms with van der Waals surface area (Å²) in [6.07, 6.45) is 2.88. The van der Waals surface area contributed by atoms with E-state index in [4.69, 9.17) is 16.3 Å². The van der Waals surface area contributed by atoms with Crippen LogP contribution >= 0.6 is 11.6 Å². The van der Waals surface area contributed by atoms with Crippen LogP contribution in [0.1, 0.15) is 24.8 Å². The van der Waals surface area contributed by atoms with E-state index in [2.05, 4.69) is 10.2 Å². The summed E-state index contributed by atoms with van der Waals surface area (Å²) in [6, 6.07) is 12.2. The summed E-state index contributed by atoms with van der Waals surface area (Å²) in [7, 11) is 1.56. The van der Waals surface area contributed by atoms with Crippen LogP contribution in [0.2, 0.25) is 5.02 Å². The van der Waals surface area contributed by atoms with Crippen molar-refractivity contribution in [1.29, 1.82) is 0 Å². The Morgan fingerprint density at radius 1 is 1.29 bits per heavy atom. The molecule has 0 radical (unpaired) electrons. The highest BCUT2D eigenvalue weighted by molar-refractivity contribution is 6.32. The van der Waals surface area contributed by atoms with Crippen molar-refractivity contribution in [2.75, 3.05) is 25.5 Å². The minimum absolute atomic E-state index is 0.0454. The Labute approximate surface area is 169 Å². The first-order chi connectivity index (χ1) is 13.5. The van der Waals surface area contributed by atoms with Crippen LogP contribution in [0.4, 0.5) is 10.1 Å². The maximum atomic E-state index is 13.9. The van der Waals surface area contributed by atoms with Crippen molar-refractivity contribution in [2.24, 2.45) is 11.3 Å². The Kier molecular flexibility index (Phi) is 5.30. The van der Waals surface area contributed by atoms with Crippen LogP contribution in [-0.2, 0) is 11.3 Å². The quantitative estimate of drug-likeness (QED) is 0.786. The molecular formula is C22H24ClFN2O2. The molecule has 1 atom stereocenters. The van der Waals surface area contributed by atoms with E-state index in [9.17, 15) is 9.18 Å². The second-order valence-corrected chi connectivity index (χ2v) is 8.23. The van der Waals surface area contributed by atoms with Gasteiger partial charge in [-0.05, 0) is 62.0 Å². The maximum Gasteiger partial charge on any atom is 0.228 e. The minimum Gasteiger partial charge on any atom is -0.495 e. The van der Waals surface area contributed by atoms with Gasteiger partial charge in [0.2, 0.25) is 5.91 Å². The Hall–Kier alpha value is -2.11. The average molecular weight is 403 g/mol. The lowest BCUT2D eigenvalue weighted by Gasteiger charge is -2.32. The molecule has 1 aliphatic heterocycles. The predicted octanol–water partition coefficient (Wildman–Crippen LogP) is 4.73. The summed E-state index contributed by atoms with van der Waals surface area (Å²) in [6.45, 7) is 2.42. The van der Waals surface area contributed by atoms with E-state index < -0.39 is 0 Å². The van der Waals surface area contributed by atoms with E-state index in [1.807, 2.05) is 12.1 Å². The molecule has 6 heteroatoms. The van der Waals surface area contributed by atoms with Crippen molar-refractivity contribution in [2.45, 2.75) is 25.8 Å². The highest BCUT2D eigenvalue weighted by atomic mass is 35.5. The molecule has 1 saturated heterocycles. The van der Waals surface area contributed by atoms with Crippen LogP contribution in [0, 0.1) is 17.2 Å². The molecule has 28 heavy (non-hydrogen) atoms. The van der Waals surface area contributed by atoms with E-state index in [0.29, 0.717) is 23.0 Å². The Morgan fingerprint density at radius 2 is 2.04 bits per heavy atom. The van der Waals surface area contributed by atoms with Crippen molar-refractivity contribution < 1.29 is 13.9 Å². The zero-order valence-corrected chi connectivity index (χ0v) is 16.6. The second-order valence-electron chi connectivity index (χ2n) is 7.83. The summed E-state index contributed by atoms with van der Waals surface area (Å²) in [5.74, 6) is 0.544. The number of hydrogen-bond acceptors (Lipinski definition) is 3. The highest BCUT2D eigenvalue weighted by Crippen LogP contribution is 2.59. The lowest BCUT2D eigenvalue weighted by atomic mass is 9.90. The number of likely N-dealkylation sites (tertiary alicyclic amines) is 1. The van der Waals surface area contributed by atoms with Crippen molar-refractivity contribution in [3.8, 4) is 5.75 Å². The topological polar surface area (TPSA) is 41.6 Å². The number of nitrogens with zero attached hydrogens (tertiary/aromatic N) is 1. The second kappa shape index (κ2) is 7.72. The summed E-state index contributed by atoms with van der Waals surface area (Å²) >= 11 is 6.14. The molecule has 1 saturated carbocycles. The molecule has 1 N–H and O–H groups in total. The molecule has 1 amide bonds. The normalized spacial score (nSPS) is 20.8. The SMILES string of the molecule is COc1ccc(NC(=O)[C@H]2CC23CCN(Cc2ccccc2F)CC3)cc1Cl. The highest BCUT2D eigenvalue weighted by Gasteiger charge is 2.58. The Bertz CT molecular complexity index is 881. The fourth-order valence-electron chi connectivity index (χ4n) is 4.27. The van der Waals surface area contributed by atoms with E-state index in [0.717, 1.165) is 37.9 Å². The van der Waals surface area contributed by atoms with Crippen molar-refractivity contribution in [3.63, 3.8) is 0 Å². The first-order valence-corrected chi connectivity index (χ1v) is 9.99. The number of carbonyl (C=O) groups is 1. The van der Waals surface area contributed by atoms with E-state index in [1.165, 1.54) is 6.07 Å². The number of carbonyl (C=O) groups excluding carboxylic acids is 1. The third-order valence-corrected chi connectivity index (χ3v) is 6.42. The number of rotatable bonds is 5.